The number of hydrogen-bond donors (Lipinski definition) is 1. The van der Waals surface area contributed by atoms with Crippen molar-refractivity contribution in [3.05, 3.63) is 35.4 Å². The summed E-state index contributed by atoms with van der Waals surface area (Å²) in [4.78, 5) is 14.5. The summed E-state index contributed by atoms with van der Waals surface area (Å²) in [7, 11) is 0. The molecule has 1 saturated heterocycles. The van der Waals surface area contributed by atoms with Crippen LogP contribution in [0.3, 0.4) is 0 Å². The summed E-state index contributed by atoms with van der Waals surface area (Å²) in [6.07, 6.45) is 1.90. The molecular weight excluding hydrogens is 224 g/mol. The Hall–Kier alpha value is -1.35. The van der Waals surface area contributed by atoms with Gasteiger partial charge in [0.1, 0.15) is 0 Å². The number of amides is 1. The SMILES string of the molecule is CCc1ccccc1C(=O)N1CC(C)CC(N)C1. The highest BCUT2D eigenvalue weighted by Crippen LogP contribution is 2.19. The van der Waals surface area contributed by atoms with Gasteiger partial charge in [0.05, 0.1) is 0 Å². The van der Waals surface area contributed by atoms with Crippen LogP contribution in [0.5, 0.6) is 0 Å². The van der Waals surface area contributed by atoms with Gasteiger partial charge in [-0.1, -0.05) is 32.0 Å². The van der Waals surface area contributed by atoms with Gasteiger partial charge < -0.3 is 10.6 Å². The Kier molecular flexibility index (Phi) is 4.02. The van der Waals surface area contributed by atoms with Crippen LogP contribution < -0.4 is 5.73 Å². The Bertz CT molecular complexity index is 420. The van der Waals surface area contributed by atoms with E-state index in [-0.39, 0.29) is 11.9 Å². The highest BCUT2D eigenvalue weighted by Gasteiger charge is 2.27. The molecule has 2 N–H and O–H groups in total. The minimum atomic E-state index is 0.117. The fourth-order valence-electron chi connectivity index (χ4n) is 2.77. The molecule has 1 aromatic rings. The van der Waals surface area contributed by atoms with E-state index in [2.05, 4.69) is 13.8 Å². The van der Waals surface area contributed by atoms with Crippen molar-refractivity contribution in [2.45, 2.75) is 32.7 Å². The Morgan fingerprint density at radius 1 is 1.39 bits per heavy atom. The van der Waals surface area contributed by atoms with Crippen LogP contribution >= 0.6 is 0 Å². The van der Waals surface area contributed by atoms with Gasteiger partial charge in [-0.05, 0) is 30.4 Å². The molecule has 98 valence electrons. The monoisotopic (exact) mass is 246 g/mol. The minimum Gasteiger partial charge on any atom is -0.337 e. The molecule has 2 rings (SSSR count). The maximum absolute atomic E-state index is 12.5. The van der Waals surface area contributed by atoms with Crippen molar-refractivity contribution in [3.63, 3.8) is 0 Å². The van der Waals surface area contributed by atoms with E-state index in [0.29, 0.717) is 12.5 Å². The van der Waals surface area contributed by atoms with E-state index in [0.717, 1.165) is 30.5 Å². The molecule has 0 bridgehead atoms. The zero-order valence-corrected chi connectivity index (χ0v) is 11.2. The molecule has 1 heterocycles. The largest absolute Gasteiger partial charge is 0.337 e. The van der Waals surface area contributed by atoms with Crippen LogP contribution in [0.25, 0.3) is 0 Å². The normalized spacial score (nSPS) is 24.1. The first-order chi connectivity index (χ1) is 8.61. The van der Waals surface area contributed by atoms with Crippen LogP contribution in [-0.4, -0.2) is 29.9 Å². The third-order valence-corrected chi connectivity index (χ3v) is 3.61. The molecule has 0 spiro atoms. The van der Waals surface area contributed by atoms with Crippen molar-refractivity contribution in [2.75, 3.05) is 13.1 Å². The van der Waals surface area contributed by atoms with Crippen molar-refractivity contribution in [1.29, 1.82) is 0 Å². The van der Waals surface area contributed by atoms with Crippen molar-refractivity contribution < 1.29 is 4.79 Å². The van der Waals surface area contributed by atoms with Crippen LogP contribution in [-0.2, 0) is 6.42 Å². The van der Waals surface area contributed by atoms with Gasteiger partial charge in [0.25, 0.3) is 5.91 Å². The fraction of sp³-hybridized carbons (Fsp3) is 0.533. The van der Waals surface area contributed by atoms with E-state index in [1.807, 2.05) is 29.2 Å². The van der Waals surface area contributed by atoms with E-state index in [9.17, 15) is 4.79 Å². The number of rotatable bonds is 2. The van der Waals surface area contributed by atoms with Crippen LogP contribution in [0.2, 0.25) is 0 Å². The van der Waals surface area contributed by atoms with Gasteiger partial charge >= 0.3 is 0 Å². The number of benzene rings is 1. The third kappa shape index (κ3) is 2.72. The zero-order chi connectivity index (χ0) is 13.1. The molecule has 2 atom stereocenters. The minimum absolute atomic E-state index is 0.117. The van der Waals surface area contributed by atoms with Gasteiger partial charge in [-0.3, -0.25) is 4.79 Å². The summed E-state index contributed by atoms with van der Waals surface area (Å²) in [5.41, 5.74) is 7.96. The molecule has 3 heteroatoms. The summed E-state index contributed by atoms with van der Waals surface area (Å²) >= 11 is 0. The molecule has 3 nitrogen and oxygen atoms in total. The van der Waals surface area contributed by atoms with Gasteiger partial charge in [0, 0.05) is 24.7 Å². The number of likely N-dealkylation sites (tertiary alicyclic amines) is 1. The third-order valence-electron chi connectivity index (χ3n) is 3.61. The van der Waals surface area contributed by atoms with Crippen molar-refractivity contribution in [2.24, 2.45) is 11.7 Å². The number of piperidine rings is 1. The zero-order valence-electron chi connectivity index (χ0n) is 11.2. The smallest absolute Gasteiger partial charge is 0.254 e. The second-order valence-electron chi connectivity index (χ2n) is 5.32. The molecule has 0 radical (unpaired) electrons. The van der Waals surface area contributed by atoms with Crippen LogP contribution in [0.4, 0.5) is 0 Å². The lowest BCUT2D eigenvalue weighted by Gasteiger charge is -2.35. The van der Waals surface area contributed by atoms with E-state index in [1.54, 1.807) is 0 Å². The van der Waals surface area contributed by atoms with Gasteiger partial charge in [-0.15, -0.1) is 0 Å². The second-order valence-corrected chi connectivity index (χ2v) is 5.32. The number of nitrogens with two attached hydrogens (primary N) is 1. The number of carbonyl (C=O) groups is 1. The fourth-order valence-corrected chi connectivity index (χ4v) is 2.77. The molecule has 0 aliphatic carbocycles. The summed E-state index contributed by atoms with van der Waals surface area (Å²) in [6.45, 7) is 5.74. The summed E-state index contributed by atoms with van der Waals surface area (Å²) < 4.78 is 0. The average Bonchev–Trinajstić information content (AvgIpc) is 2.36. The van der Waals surface area contributed by atoms with E-state index in [1.165, 1.54) is 0 Å². The van der Waals surface area contributed by atoms with Crippen LogP contribution in [0, 0.1) is 5.92 Å². The van der Waals surface area contributed by atoms with Crippen molar-refractivity contribution >= 4 is 5.91 Å². The maximum Gasteiger partial charge on any atom is 0.254 e. The van der Waals surface area contributed by atoms with E-state index >= 15 is 0 Å². The molecular formula is C15H22N2O. The first-order valence-corrected chi connectivity index (χ1v) is 6.74. The first-order valence-electron chi connectivity index (χ1n) is 6.74. The number of aryl methyl sites for hydroxylation is 1. The lowest BCUT2D eigenvalue weighted by atomic mass is 9.95. The summed E-state index contributed by atoms with van der Waals surface area (Å²) in [5, 5.41) is 0. The highest BCUT2D eigenvalue weighted by atomic mass is 16.2. The Labute approximate surface area is 109 Å². The predicted molar refractivity (Wildman–Crippen MR) is 73.5 cm³/mol. The van der Waals surface area contributed by atoms with Gasteiger partial charge in [-0.2, -0.15) is 0 Å². The molecule has 1 amide bonds. The van der Waals surface area contributed by atoms with Crippen LogP contribution in [0.1, 0.15) is 36.2 Å². The highest BCUT2D eigenvalue weighted by molar-refractivity contribution is 5.95. The molecule has 1 fully saturated rings. The Morgan fingerprint density at radius 2 is 2.11 bits per heavy atom. The number of carbonyl (C=O) groups excluding carboxylic acids is 1. The average molecular weight is 246 g/mol. The summed E-state index contributed by atoms with van der Waals surface area (Å²) in [6, 6.07) is 7.98. The van der Waals surface area contributed by atoms with Crippen molar-refractivity contribution in [3.8, 4) is 0 Å². The van der Waals surface area contributed by atoms with E-state index in [4.69, 9.17) is 5.73 Å². The predicted octanol–water partition coefficient (Wildman–Crippen LogP) is 2.06. The lowest BCUT2D eigenvalue weighted by molar-refractivity contribution is 0.0660. The van der Waals surface area contributed by atoms with Crippen LogP contribution in [0.15, 0.2) is 24.3 Å². The van der Waals surface area contributed by atoms with Crippen molar-refractivity contribution in [1.82, 2.24) is 4.90 Å². The molecule has 2 unspecified atom stereocenters. The van der Waals surface area contributed by atoms with Gasteiger partial charge in [0.15, 0.2) is 0 Å². The lowest BCUT2D eigenvalue weighted by Crippen LogP contribution is -2.49. The Balaban J connectivity index is 2.20. The summed E-state index contributed by atoms with van der Waals surface area (Å²) in [5.74, 6) is 0.626. The number of hydrogen-bond acceptors (Lipinski definition) is 2. The van der Waals surface area contributed by atoms with Gasteiger partial charge in [0.2, 0.25) is 0 Å². The van der Waals surface area contributed by atoms with Gasteiger partial charge in [-0.25, -0.2) is 0 Å². The quantitative estimate of drug-likeness (QED) is 0.868. The molecule has 18 heavy (non-hydrogen) atoms. The maximum atomic E-state index is 12.5. The molecule has 0 aromatic heterocycles. The standard InChI is InChI=1S/C15H22N2O/c1-3-12-6-4-5-7-14(12)15(18)17-9-11(2)8-13(16)10-17/h4-7,11,13H,3,8-10,16H2,1-2H3. The molecule has 0 saturated carbocycles. The topological polar surface area (TPSA) is 46.3 Å². The Morgan fingerprint density at radius 3 is 2.78 bits per heavy atom. The molecule has 1 aliphatic rings. The first kappa shape index (κ1) is 13.1. The second kappa shape index (κ2) is 5.53. The molecule has 1 aliphatic heterocycles. The number of nitrogens with zero attached hydrogens (tertiary/aromatic N) is 1. The molecule has 1 aromatic carbocycles. The van der Waals surface area contributed by atoms with E-state index < -0.39 is 0 Å².